The molecule has 0 aromatic heterocycles. The summed E-state index contributed by atoms with van der Waals surface area (Å²) in [5, 5.41) is 10.3. The maximum absolute atomic E-state index is 10.3. The quantitative estimate of drug-likeness (QED) is 0.697. The first-order valence-electron chi connectivity index (χ1n) is 7.24. The van der Waals surface area contributed by atoms with E-state index in [1.807, 2.05) is 24.3 Å². The fourth-order valence-electron chi connectivity index (χ4n) is 2.28. The van der Waals surface area contributed by atoms with Crippen LogP contribution in [-0.4, -0.2) is 56.6 Å². The Bertz CT molecular complexity index is 403. The van der Waals surface area contributed by atoms with Crippen LogP contribution in [0.25, 0.3) is 0 Å². The number of halogens is 1. The number of benzene rings is 1. The lowest BCUT2D eigenvalue weighted by Gasteiger charge is -2.29. The highest BCUT2D eigenvalue weighted by molar-refractivity contribution is 9.10. The Balaban J connectivity index is 2.54. The van der Waals surface area contributed by atoms with Crippen molar-refractivity contribution >= 4 is 15.9 Å². The fraction of sp³-hybridized carbons (Fsp3) is 0.625. The molecule has 0 aliphatic heterocycles. The third-order valence-corrected chi connectivity index (χ3v) is 4.03. The van der Waals surface area contributed by atoms with E-state index in [1.54, 1.807) is 14.2 Å². The molecule has 5 heteroatoms. The Morgan fingerprint density at radius 2 is 2.00 bits per heavy atom. The lowest BCUT2D eigenvalue weighted by Crippen LogP contribution is -2.39. The first kappa shape index (κ1) is 18.6. The lowest BCUT2D eigenvalue weighted by molar-refractivity contribution is 0.0612. The van der Waals surface area contributed by atoms with Crippen LogP contribution in [0.4, 0.5) is 0 Å². The zero-order valence-electron chi connectivity index (χ0n) is 13.1. The summed E-state index contributed by atoms with van der Waals surface area (Å²) >= 11 is 3.43. The molecular formula is C16H26BrNO3. The molecule has 21 heavy (non-hydrogen) atoms. The van der Waals surface area contributed by atoms with Gasteiger partial charge in [0.15, 0.2) is 0 Å². The summed E-state index contributed by atoms with van der Waals surface area (Å²) in [6, 6.07) is 8.12. The predicted octanol–water partition coefficient (Wildman–Crippen LogP) is 2.86. The number of methoxy groups -OCH3 is 2. The average Bonchev–Trinajstić information content (AvgIpc) is 2.47. The van der Waals surface area contributed by atoms with Crippen molar-refractivity contribution in [1.29, 1.82) is 0 Å². The van der Waals surface area contributed by atoms with Crippen LogP contribution < -0.4 is 0 Å². The Morgan fingerprint density at radius 3 is 2.62 bits per heavy atom. The SMILES string of the molecule is COCCN(CCC(O)c1cccc(Br)c1)C(C)COC. The van der Waals surface area contributed by atoms with Crippen LogP contribution >= 0.6 is 15.9 Å². The number of aliphatic hydroxyl groups excluding tert-OH is 1. The second kappa shape index (κ2) is 10.3. The van der Waals surface area contributed by atoms with Gasteiger partial charge in [-0.15, -0.1) is 0 Å². The van der Waals surface area contributed by atoms with Crippen molar-refractivity contribution in [2.75, 3.05) is 40.5 Å². The van der Waals surface area contributed by atoms with Gasteiger partial charge in [0.2, 0.25) is 0 Å². The first-order valence-corrected chi connectivity index (χ1v) is 8.03. The van der Waals surface area contributed by atoms with Gasteiger partial charge < -0.3 is 14.6 Å². The van der Waals surface area contributed by atoms with E-state index in [1.165, 1.54) is 0 Å². The molecule has 0 fully saturated rings. The molecule has 4 nitrogen and oxygen atoms in total. The molecule has 1 rings (SSSR count). The van der Waals surface area contributed by atoms with Gasteiger partial charge in [-0.1, -0.05) is 28.1 Å². The molecule has 0 spiro atoms. The molecule has 0 saturated heterocycles. The summed E-state index contributed by atoms with van der Waals surface area (Å²) < 4.78 is 11.4. The summed E-state index contributed by atoms with van der Waals surface area (Å²) in [5.74, 6) is 0. The zero-order chi connectivity index (χ0) is 15.7. The monoisotopic (exact) mass is 359 g/mol. The van der Waals surface area contributed by atoms with Crippen molar-refractivity contribution in [3.8, 4) is 0 Å². The fourth-order valence-corrected chi connectivity index (χ4v) is 2.69. The first-order chi connectivity index (χ1) is 10.1. The number of hydrogen-bond donors (Lipinski definition) is 1. The van der Waals surface area contributed by atoms with E-state index < -0.39 is 6.10 Å². The summed E-state index contributed by atoms with van der Waals surface area (Å²) in [7, 11) is 3.41. The van der Waals surface area contributed by atoms with Gasteiger partial charge in [-0.3, -0.25) is 4.90 Å². The van der Waals surface area contributed by atoms with Crippen molar-refractivity contribution in [3.63, 3.8) is 0 Å². The van der Waals surface area contributed by atoms with Crippen LogP contribution in [-0.2, 0) is 9.47 Å². The van der Waals surface area contributed by atoms with E-state index >= 15 is 0 Å². The molecule has 0 aliphatic rings. The Labute approximate surface area is 136 Å². The van der Waals surface area contributed by atoms with Gasteiger partial charge in [0.1, 0.15) is 0 Å². The van der Waals surface area contributed by atoms with Crippen LogP contribution in [0.1, 0.15) is 25.0 Å². The molecule has 0 radical (unpaired) electrons. The summed E-state index contributed by atoms with van der Waals surface area (Å²) in [6.45, 7) is 5.14. The van der Waals surface area contributed by atoms with Crippen LogP contribution in [0.15, 0.2) is 28.7 Å². The minimum Gasteiger partial charge on any atom is -0.388 e. The average molecular weight is 360 g/mol. The number of aliphatic hydroxyl groups is 1. The van der Waals surface area contributed by atoms with Crippen LogP contribution in [0, 0.1) is 0 Å². The molecule has 1 aromatic rings. The summed E-state index contributed by atoms with van der Waals surface area (Å²) in [4.78, 5) is 2.29. The number of rotatable bonds is 10. The van der Waals surface area contributed by atoms with Crippen molar-refractivity contribution < 1.29 is 14.6 Å². The molecule has 0 saturated carbocycles. The van der Waals surface area contributed by atoms with E-state index in [0.29, 0.717) is 25.7 Å². The molecule has 0 heterocycles. The summed E-state index contributed by atoms with van der Waals surface area (Å²) in [5.41, 5.74) is 0.940. The normalized spacial score (nSPS) is 14.4. The van der Waals surface area contributed by atoms with E-state index in [4.69, 9.17) is 9.47 Å². The molecule has 1 aromatic carbocycles. The molecule has 1 N–H and O–H groups in total. The molecule has 0 bridgehead atoms. The highest BCUT2D eigenvalue weighted by Crippen LogP contribution is 2.21. The van der Waals surface area contributed by atoms with Crippen LogP contribution in [0.3, 0.4) is 0 Å². The van der Waals surface area contributed by atoms with E-state index in [-0.39, 0.29) is 0 Å². The third-order valence-electron chi connectivity index (χ3n) is 3.54. The number of ether oxygens (including phenoxy) is 2. The van der Waals surface area contributed by atoms with Crippen molar-refractivity contribution in [3.05, 3.63) is 34.3 Å². The molecule has 2 atom stereocenters. The van der Waals surface area contributed by atoms with Gasteiger partial charge in [0, 0.05) is 37.8 Å². The van der Waals surface area contributed by atoms with E-state index in [0.717, 1.165) is 23.1 Å². The molecule has 2 unspecified atom stereocenters. The van der Waals surface area contributed by atoms with Gasteiger partial charge in [-0.25, -0.2) is 0 Å². The van der Waals surface area contributed by atoms with Gasteiger partial charge in [-0.05, 0) is 31.0 Å². The maximum atomic E-state index is 10.3. The Kier molecular flexibility index (Phi) is 9.11. The van der Waals surface area contributed by atoms with Gasteiger partial charge in [-0.2, -0.15) is 0 Å². The molecule has 0 aliphatic carbocycles. The zero-order valence-corrected chi connectivity index (χ0v) is 14.7. The predicted molar refractivity (Wildman–Crippen MR) is 88.5 cm³/mol. The third kappa shape index (κ3) is 6.89. The topological polar surface area (TPSA) is 41.9 Å². The highest BCUT2D eigenvalue weighted by Gasteiger charge is 2.16. The minimum absolute atomic E-state index is 0.305. The Morgan fingerprint density at radius 1 is 1.24 bits per heavy atom. The van der Waals surface area contributed by atoms with Gasteiger partial charge in [0.25, 0.3) is 0 Å². The maximum Gasteiger partial charge on any atom is 0.0802 e. The summed E-state index contributed by atoms with van der Waals surface area (Å²) in [6.07, 6.45) is 0.232. The van der Waals surface area contributed by atoms with Crippen LogP contribution in [0.2, 0.25) is 0 Å². The number of hydrogen-bond acceptors (Lipinski definition) is 4. The van der Waals surface area contributed by atoms with Crippen molar-refractivity contribution in [2.45, 2.75) is 25.5 Å². The molecule has 0 amide bonds. The van der Waals surface area contributed by atoms with Gasteiger partial charge >= 0.3 is 0 Å². The second-order valence-electron chi connectivity index (χ2n) is 5.19. The second-order valence-corrected chi connectivity index (χ2v) is 6.11. The van der Waals surface area contributed by atoms with E-state index in [9.17, 15) is 5.11 Å². The lowest BCUT2D eigenvalue weighted by atomic mass is 10.1. The molecular weight excluding hydrogens is 334 g/mol. The smallest absolute Gasteiger partial charge is 0.0802 e. The number of nitrogens with zero attached hydrogens (tertiary/aromatic N) is 1. The minimum atomic E-state index is -0.456. The standard InChI is InChI=1S/C16H26BrNO3/c1-13(12-21-3)18(9-10-20-2)8-7-16(19)14-5-4-6-15(17)11-14/h4-6,11,13,16,19H,7-10,12H2,1-3H3. The van der Waals surface area contributed by atoms with Crippen molar-refractivity contribution in [1.82, 2.24) is 4.90 Å². The van der Waals surface area contributed by atoms with Crippen molar-refractivity contribution in [2.24, 2.45) is 0 Å². The highest BCUT2D eigenvalue weighted by atomic mass is 79.9. The Hall–Kier alpha value is -0.460. The van der Waals surface area contributed by atoms with Gasteiger partial charge in [0.05, 0.1) is 19.3 Å². The van der Waals surface area contributed by atoms with E-state index in [2.05, 4.69) is 27.8 Å². The largest absolute Gasteiger partial charge is 0.388 e. The molecule has 120 valence electrons. The van der Waals surface area contributed by atoms with Crippen LogP contribution in [0.5, 0.6) is 0 Å².